The number of sulfonamides is 1. The molecule has 162 valence electrons. The second kappa shape index (κ2) is 9.66. The van der Waals surface area contributed by atoms with Gasteiger partial charge in [0.25, 0.3) is 10.0 Å². The molecule has 0 saturated heterocycles. The normalized spacial score (nSPS) is 21.5. The van der Waals surface area contributed by atoms with Crippen LogP contribution in [0.2, 0.25) is 0 Å². The molecule has 0 unspecified atom stereocenters. The summed E-state index contributed by atoms with van der Waals surface area (Å²) in [6.07, 6.45) is 3.58. The summed E-state index contributed by atoms with van der Waals surface area (Å²) in [7, 11) is -2.12. The van der Waals surface area contributed by atoms with Crippen molar-refractivity contribution in [3.05, 3.63) is 48.5 Å². The van der Waals surface area contributed by atoms with Gasteiger partial charge >= 0.3 is 0 Å². The Morgan fingerprint density at radius 2 is 1.63 bits per heavy atom. The van der Waals surface area contributed by atoms with Crippen LogP contribution in [-0.4, -0.2) is 26.7 Å². The summed E-state index contributed by atoms with van der Waals surface area (Å²) in [5.74, 6) is 1.91. The summed E-state index contributed by atoms with van der Waals surface area (Å²) in [6.45, 7) is 4.55. The number of anilines is 2. The molecule has 0 amide bonds. The molecule has 0 aliphatic heterocycles. The highest BCUT2D eigenvalue weighted by atomic mass is 32.2. The van der Waals surface area contributed by atoms with Crippen molar-refractivity contribution < 1.29 is 13.2 Å². The standard InChI is InChI=1S/C22H29N3O3S2/c1-15-5-4-6-21(16(15)2)24-22(29)23-17-9-13-20(14-10-17)30(26,27)25-18-7-11-19(28-3)12-8-18/h7-16,21,25H,4-6H2,1-3H3,(H2,23,24,29)/t15-,16-,21+/m1/s1. The van der Waals surface area contributed by atoms with Gasteiger partial charge in [-0.05, 0) is 79.0 Å². The number of ether oxygens (including phenoxy) is 1. The predicted molar refractivity (Wildman–Crippen MR) is 126 cm³/mol. The van der Waals surface area contributed by atoms with Crippen LogP contribution in [0, 0.1) is 11.8 Å². The van der Waals surface area contributed by atoms with E-state index in [1.165, 1.54) is 12.8 Å². The van der Waals surface area contributed by atoms with Crippen molar-refractivity contribution in [2.45, 2.75) is 44.0 Å². The summed E-state index contributed by atoms with van der Waals surface area (Å²) in [6, 6.07) is 13.6. The van der Waals surface area contributed by atoms with Crippen LogP contribution in [0.4, 0.5) is 11.4 Å². The van der Waals surface area contributed by atoms with Crippen LogP contribution in [0.5, 0.6) is 5.75 Å². The van der Waals surface area contributed by atoms with E-state index in [2.05, 4.69) is 29.2 Å². The Morgan fingerprint density at radius 3 is 2.27 bits per heavy atom. The zero-order valence-electron chi connectivity index (χ0n) is 17.5. The maximum atomic E-state index is 12.6. The average Bonchev–Trinajstić information content (AvgIpc) is 2.72. The second-order valence-corrected chi connectivity index (χ2v) is 9.92. The summed E-state index contributed by atoms with van der Waals surface area (Å²) in [5.41, 5.74) is 1.21. The van der Waals surface area contributed by atoms with Crippen LogP contribution >= 0.6 is 12.2 Å². The van der Waals surface area contributed by atoms with Gasteiger partial charge in [0, 0.05) is 17.4 Å². The topological polar surface area (TPSA) is 79.5 Å². The van der Waals surface area contributed by atoms with Crippen LogP contribution in [0.3, 0.4) is 0 Å². The molecule has 1 aliphatic carbocycles. The van der Waals surface area contributed by atoms with Crippen molar-refractivity contribution in [1.29, 1.82) is 0 Å². The van der Waals surface area contributed by atoms with Gasteiger partial charge in [-0.25, -0.2) is 8.42 Å². The van der Waals surface area contributed by atoms with E-state index in [9.17, 15) is 8.42 Å². The van der Waals surface area contributed by atoms with Gasteiger partial charge in [-0.1, -0.05) is 26.7 Å². The molecule has 3 atom stereocenters. The molecule has 30 heavy (non-hydrogen) atoms. The van der Waals surface area contributed by atoms with Crippen LogP contribution in [-0.2, 0) is 10.0 Å². The molecule has 3 N–H and O–H groups in total. The molecule has 2 aromatic rings. The van der Waals surface area contributed by atoms with Gasteiger partial charge in [0.15, 0.2) is 5.11 Å². The van der Waals surface area contributed by atoms with Gasteiger partial charge in [0.1, 0.15) is 5.75 Å². The Balaban J connectivity index is 1.60. The summed E-state index contributed by atoms with van der Waals surface area (Å²) in [4.78, 5) is 0.178. The molecule has 1 saturated carbocycles. The molecule has 6 nitrogen and oxygen atoms in total. The van der Waals surface area contributed by atoms with Crippen LogP contribution in [0.1, 0.15) is 33.1 Å². The van der Waals surface area contributed by atoms with Gasteiger partial charge in [-0.15, -0.1) is 0 Å². The van der Waals surface area contributed by atoms with Crippen LogP contribution in [0.15, 0.2) is 53.4 Å². The minimum atomic E-state index is -3.68. The lowest BCUT2D eigenvalue weighted by atomic mass is 9.78. The Bertz CT molecular complexity index is 960. The molecular formula is C22H29N3O3S2. The van der Waals surface area contributed by atoms with E-state index in [1.54, 1.807) is 55.6 Å². The van der Waals surface area contributed by atoms with Gasteiger partial charge < -0.3 is 15.4 Å². The molecule has 0 spiro atoms. The fourth-order valence-electron chi connectivity index (χ4n) is 3.71. The minimum absolute atomic E-state index is 0.178. The highest BCUT2D eigenvalue weighted by Gasteiger charge is 2.27. The summed E-state index contributed by atoms with van der Waals surface area (Å²) in [5, 5.41) is 7.13. The van der Waals surface area contributed by atoms with Gasteiger partial charge in [-0.3, -0.25) is 4.72 Å². The fourth-order valence-corrected chi connectivity index (χ4v) is 5.04. The van der Waals surface area contributed by atoms with E-state index in [-0.39, 0.29) is 4.90 Å². The first-order chi connectivity index (χ1) is 14.3. The number of nitrogens with one attached hydrogen (secondary N) is 3. The maximum Gasteiger partial charge on any atom is 0.261 e. The maximum absolute atomic E-state index is 12.6. The average molecular weight is 448 g/mol. The third-order valence-corrected chi connectivity index (χ3v) is 7.41. The zero-order chi connectivity index (χ0) is 21.7. The van der Waals surface area contributed by atoms with Crippen molar-refractivity contribution in [3.63, 3.8) is 0 Å². The lowest BCUT2D eigenvalue weighted by Gasteiger charge is -2.35. The highest BCUT2D eigenvalue weighted by Crippen LogP contribution is 2.29. The number of hydrogen-bond acceptors (Lipinski definition) is 4. The van der Waals surface area contributed by atoms with E-state index in [4.69, 9.17) is 17.0 Å². The molecule has 0 bridgehead atoms. The molecule has 0 radical (unpaired) electrons. The number of rotatable bonds is 6. The first kappa shape index (κ1) is 22.4. The molecule has 0 aromatic heterocycles. The molecular weight excluding hydrogens is 418 g/mol. The number of thiocarbonyl (C=S) groups is 1. The molecule has 1 fully saturated rings. The number of benzene rings is 2. The van der Waals surface area contributed by atoms with Gasteiger partial charge in [0.2, 0.25) is 0 Å². The van der Waals surface area contributed by atoms with E-state index < -0.39 is 10.0 Å². The van der Waals surface area contributed by atoms with Crippen molar-refractivity contribution in [2.75, 3.05) is 17.1 Å². The number of methoxy groups -OCH3 is 1. The monoisotopic (exact) mass is 447 g/mol. The molecule has 8 heteroatoms. The SMILES string of the molecule is COc1ccc(NS(=O)(=O)c2ccc(NC(=S)N[C@H]3CCC[C@@H](C)[C@H]3C)cc2)cc1. The van der Waals surface area contributed by atoms with E-state index in [0.29, 0.717) is 34.4 Å². The molecule has 3 rings (SSSR count). The largest absolute Gasteiger partial charge is 0.497 e. The van der Waals surface area contributed by atoms with Crippen molar-refractivity contribution in [1.82, 2.24) is 5.32 Å². The molecule has 0 heterocycles. The first-order valence-corrected chi connectivity index (χ1v) is 12.0. The Morgan fingerprint density at radius 1 is 1.00 bits per heavy atom. The third kappa shape index (κ3) is 5.64. The van der Waals surface area contributed by atoms with Crippen LogP contribution < -0.4 is 20.1 Å². The zero-order valence-corrected chi connectivity index (χ0v) is 19.1. The van der Waals surface area contributed by atoms with E-state index in [1.807, 2.05) is 0 Å². The predicted octanol–water partition coefficient (Wildman–Crippen LogP) is 4.61. The highest BCUT2D eigenvalue weighted by molar-refractivity contribution is 7.92. The van der Waals surface area contributed by atoms with E-state index in [0.717, 1.165) is 12.1 Å². The van der Waals surface area contributed by atoms with E-state index >= 15 is 0 Å². The fraction of sp³-hybridized carbons (Fsp3) is 0.409. The third-order valence-electron chi connectivity index (χ3n) is 5.79. The quantitative estimate of drug-likeness (QED) is 0.562. The lowest BCUT2D eigenvalue weighted by Crippen LogP contribution is -2.45. The van der Waals surface area contributed by atoms with Crippen molar-refractivity contribution in [3.8, 4) is 5.75 Å². The van der Waals surface area contributed by atoms with Gasteiger partial charge in [0.05, 0.1) is 12.0 Å². The summed E-state index contributed by atoms with van der Waals surface area (Å²) < 4.78 is 32.9. The number of hydrogen-bond donors (Lipinski definition) is 3. The molecule has 2 aromatic carbocycles. The second-order valence-electron chi connectivity index (χ2n) is 7.83. The Kier molecular flexibility index (Phi) is 7.20. The van der Waals surface area contributed by atoms with Gasteiger partial charge in [-0.2, -0.15) is 0 Å². The Labute approximate surface area is 184 Å². The first-order valence-electron chi connectivity index (χ1n) is 10.1. The van der Waals surface area contributed by atoms with Crippen LogP contribution in [0.25, 0.3) is 0 Å². The smallest absolute Gasteiger partial charge is 0.261 e. The lowest BCUT2D eigenvalue weighted by molar-refractivity contribution is 0.225. The van der Waals surface area contributed by atoms with Crippen molar-refractivity contribution in [2.24, 2.45) is 11.8 Å². The summed E-state index contributed by atoms with van der Waals surface area (Å²) >= 11 is 5.46. The Hall–Kier alpha value is -2.32. The minimum Gasteiger partial charge on any atom is -0.497 e. The molecule has 1 aliphatic rings. The van der Waals surface area contributed by atoms with Crippen molar-refractivity contribution >= 4 is 38.7 Å².